The maximum atomic E-state index is 12.5. The van der Waals surface area contributed by atoms with Gasteiger partial charge in [0.05, 0.1) is 16.6 Å². The van der Waals surface area contributed by atoms with E-state index in [9.17, 15) is 4.79 Å². The van der Waals surface area contributed by atoms with Crippen LogP contribution in [0.3, 0.4) is 0 Å². The lowest BCUT2D eigenvalue weighted by atomic mass is 10.1. The van der Waals surface area contributed by atoms with Crippen molar-refractivity contribution in [2.45, 2.75) is 13.3 Å². The highest BCUT2D eigenvalue weighted by Gasteiger charge is 2.15. The molecule has 1 amide bonds. The lowest BCUT2D eigenvalue weighted by molar-refractivity contribution is 0.0952. The Morgan fingerprint density at radius 2 is 2.00 bits per heavy atom. The molecule has 0 fully saturated rings. The molecule has 0 bridgehead atoms. The van der Waals surface area contributed by atoms with Gasteiger partial charge in [-0.05, 0) is 69.9 Å². The van der Waals surface area contributed by atoms with Gasteiger partial charge in [-0.25, -0.2) is 4.98 Å². The Bertz CT molecular complexity index is 1140. The molecule has 7 heteroatoms. The number of benzene rings is 2. The highest BCUT2D eigenvalue weighted by Crippen LogP contribution is 2.27. The summed E-state index contributed by atoms with van der Waals surface area (Å²) in [5, 5.41) is 11.3. The number of fused-ring (bicyclic) bond motifs is 2. The average Bonchev–Trinajstić information content (AvgIpc) is 3.27. The molecule has 3 N–H and O–H groups in total. The van der Waals surface area contributed by atoms with E-state index in [0.717, 1.165) is 34.9 Å². The summed E-state index contributed by atoms with van der Waals surface area (Å²) in [7, 11) is 4.05. The van der Waals surface area contributed by atoms with Crippen molar-refractivity contribution in [1.29, 1.82) is 0 Å². The van der Waals surface area contributed by atoms with Crippen LogP contribution in [0.1, 0.15) is 22.3 Å². The topological polar surface area (TPSA) is 89.7 Å². The Kier molecular flexibility index (Phi) is 4.83. The number of aromatic nitrogens is 4. The van der Waals surface area contributed by atoms with Crippen molar-refractivity contribution in [1.82, 2.24) is 30.4 Å². The minimum Gasteiger partial charge on any atom is -0.352 e. The van der Waals surface area contributed by atoms with Gasteiger partial charge in [0, 0.05) is 17.5 Å². The Labute approximate surface area is 163 Å². The molecule has 28 heavy (non-hydrogen) atoms. The van der Waals surface area contributed by atoms with Gasteiger partial charge in [-0.1, -0.05) is 6.07 Å². The van der Waals surface area contributed by atoms with Crippen molar-refractivity contribution in [3.63, 3.8) is 0 Å². The molecule has 0 aliphatic rings. The van der Waals surface area contributed by atoms with E-state index in [4.69, 9.17) is 0 Å². The van der Waals surface area contributed by atoms with Crippen LogP contribution < -0.4 is 5.32 Å². The van der Waals surface area contributed by atoms with Crippen LogP contribution in [0.25, 0.3) is 33.5 Å². The summed E-state index contributed by atoms with van der Waals surface area (Å²) in [5.74, 6) is 0.614. The summed E-state index contributed by atoms with van der Waals surface area (Å²) >= 11 is 0. The molecule has 0 saturated heterocycles. The number of amides is 1. The quantitative estimate of drug-likeness (QED) is 0.451. The number of aryl methyl sites for hydroxylation is 1. The number of rotatable bonds is 6. The van der Waals surface area contributed by atoms with Crippen molar-refractivity contribution in [2.75, 3.05) is 27.2 Å². The minimum absolute atomic E-state index is 0.0759. The summed E-state index contributed by atoms with van der Waals surface area (Å²) in [6, 6.07) is 11.7. The van der Waals surface area contributed by atoms with Gasteiger partial charge in [-0.3, -0.25) is 9.89 Å². The SMILES string of the molecule is Cc1ccc2nc(-c3n[nH]c4ccc(C(=O)NCCCN(C)C)cc34)[nH]c2c1. The minimum atomic E-state index is -0.0759. The van der Waals surface area contributed by atoms with Gasteiger partial charge in [0.1, 0.15) is 5.69 Å². The van der Waals surface area contributed by atoms with Crippen molar-refractivity contribution >= 4 is 27.8 Å². The first-order valence-electron chi connectivity index (χ1n) is 9.39. The number of carbonyl (C=O) groups excluding carboxylic acids is 1. The first kappa shape index (κ1) is 18.2. The number of imidazole rings is 1. The summed E-state index contributed by atoms with van der Waals surface area (Å²) < 4.78 is 0. The van der Waals surface area contributed by atoms with Crippen molar-refractivity contribution in [3.05, 3.63) is 47.5 Å². The molecule has 2 heterocycles. The summed E-state index contributed by atoms with van der Waals surface area (Å²) in [6.07, 6.45) is 0.913. The molecule has 2 aromatic heterocycles. The summed E-state index contributed by atoms with van der Waals surface area (Å²) in [6.45, 7) is 3.64. The van der Waals surface area contributed by atoms with Crippen LogP contribution in [0.15, 0.2) is 36.4 Å². The lowest BCUT2D eigenvalue weighted by Crippen LogP contribution is -2.27. The van der Waals surface area contributed by atoms with E-state index in [1.54, 1.807) is 0 Å². The molecule has 4 rings (SSSR count). The molecular weight excluding hydrogens is 352 g/mol. The normalized spacial score (nSPS) is 11.6. The number of H-pyrrole nitrogens is 2. The van der Waals surface area contributed by atoms with Gasteiger partial charge in [-0.15, -0.1) is 0 Å². The van der Waals surface area contributed by atoms with Gasteiger partial charge in [0.25, 0.3) is 5.91 Å². The Balaban J connectivity index is 1.61. The Morgan fingerprint density at radius 3 is 2.82 bits per heavy atom. The molecule has 7 nitrogen and oxygen atoms in total. The third kappa shape index (κ3) is 3.61. The molecule has 0 unspecified atom stereocenters. The zero-order valence-electron chi connectivity index (χ0n) is 16.3. The van der Waals surface area contributed by atoms with Gasteiger partial charge < -0.3 is 15.2 Å². The van der Waals surface area contributed by atoms with Crippen LogP contribution in [0.4, 0.5) is 0 Å². The predicted octanol–water partition coefficient (Wildman–Crippen LogP) is 3.10. The second kappa shape index (κ2) is 7.44. The largest absolute Gasteiger partial charge is 0.352 e. The number of hydrogen-bond acceptors (Lipinski definition) is 4. The molecule has 0 radical (unpaired) electrons. The second-order valence-corrected chi connectivity index (χ2v) is 7.35. The van der Waals surface area contributed by atoms with E-state index in [0.29, 0.717) is 23.6 Å². The van der Waals surface area contributed by atoms with Crippen LogP contribution in [0.5, 0.6) is 0 Å². The van der Waals surface area contributed by atoms with E-state index in [-0.39, 0.29) is 5.91 Å². The Hall–Kier alpha value is -3.19. The fourth-order valence-electron chi connectivity index (χ4n) is 3.27. The van der Waals surface area contributed by atoms with Crippen molar-refractivity contribution < 1.29 is 4.79 Å². The van der Waals surface area contributed by atoms with Crippen LogP contribution in [0.2, 0.25) is 0 Å². The first-order chi connectivity index (χ1) is 13.5. The van der Waals surface area contributed by atoms with E-state index in [2.05, 4.69) is 36.4 Å². The molecule has 0 aliphatic carbocycles. The van der Waals surface area contributed by atoms with Crippen LogP contribution in [-0.4, -0.2) is 58.2 Å². The second-order valence-electron chi connectivity index (χ2n) is 7.35. The zero-order chi connectivity index (χ0) is 19.7. The monoisotopic (exact) mass is 376 g/mol. The predicted molar refractivity (Wildman–Crippen MR) is 111 cm³/mol. The molecule has 0 saturated carbocycles. The fourth-order valence-corrected chi connectivity index (χ4v) is 3.27. The first-order valence-corrected chi connectivity index (χ1v) is 9.39. The molecule has 4 aromatic rings. The van der Waals surface area contributed by atoms with Gasteiger partial charge >= 0.3 is 0 Å². The average molecular weight is 376 g/mol. The number of aromatic amines is 2. The molecule has 0 spiro atoms. The molecule has 144 valence electrons. The van der Waals surface area contributed by atoms with E-state index in [1.807, 2.05) is 51.4 Å². The summed E-state index contributed by atoms with van der Waals surface area (Å²) in [5.41, 5.74) is 5.24. The summed E-state index contributed by atoms with van der Waals surface area (Å²) in [4.78, 5) is 22.6. The zero-order valence-corrected chi connectivity index (χ0v) is 16.3. The molecule has 0 aliphatic heterocycles. The number of nitrogens with one attached hydrogen (secondary N) is 3. The maximum absolute atomic E-state index is 12.5. The van der Waals surface area contributed by atoms with Gasteiger partial charge in [0.15, 0.2) is 5.82 Å². The van der Waals surface area contributed by atoms with Crippen molar-refractivity contribution in [2.24, 2.45) is 0 Å². The number of nitrogens with zero attached hydrogens (tertiary/aromatic N) is 3. The van der Waals surface area contributed by atoms with Gasteiger partial charge in [-0.2, -0.15) is 5.10 Å². The van der Waals surface area contributed by atoms with E-state index < -0.39 is 0 Å². The molecule has 2 aromatic carbocycles. The van der Waals surface area contributed by atoms with Crippen LogP contribution in [0, 0.1) is 6.92 Å². The van der Waals surface area contributed by atoms with E-state index >= 15 is 0 Å². The Morgan fingerprint density at radius 1 is 1.14 bits per heavy atom. The smallest absolute Gasteiger partial charge is 0.251 e. The molecular formula is C21H24N6O. The van der Waals surface area contributed by atoms with Crippen LogP contribution in [-0.2, 0) is 0 Å². The maximum Gasteiger partial charge on any atom is 0.251 e. The van der Waals surface area contributed by atoms with Crippen LogP contribution >= 0.6 is 0 Å². The fraction of sp³-hybridized carbons (Fsp3) is 0.286. The lowest BCUT2D eigenvalue weighted by Gasteiger charge is -2.10. The van der Waals surface area contributed by atoms with E-state index in [1.165, 1.54) is 5.56 Å². The molecule has 0 atom stereocenters. The third-order valence-electron chi connectivity index (χ3n) is 4.75. The number of carbonyl (C=O) groups is 1. The highest BCUT2D eigenvalue weighted by atomic mass is 16.1. The van der Waals surface area contributed by atoms with Crippen molar-refractivity contribution in [3.8, 4) is 11.5 Å². The van der Waals surface area contributed by atoms with Gasteiger partial charge in [0.2, 0.25) is 0 Å². The third-order valence-corrected chi connectivity index (χ3v) is 4.75. The highest BCUT2D eigenvalue weighted by molar-refractivity contribution is 6.01. The number of hydrogen-bond donors (Lipinski definition) is 3. The standard InChI is InChI=1S/C21H24N6O/c1-13-5-7-17-18(11-13)24-20(23-17)19-15-12-14(6-8-16(15)25-26-19)21(28)22-9-4-10-27(2)3/h5-8,11-12H,4,9-10H2,1-3H3,(H,22,28)(H,23,24)(H,25,26).